The first kappa shape index (κ1) is 11.1. The smallest absolute Gasteiger partial charge is 0.410 e. The molecule has 1 aromatic carbocycles. The number of hydrogen-bond acceptors (Lipinski definition) is 2. The van der Waals surface area contributed by atoms with Gasteiger partial charge < -0.3 is 4.74 Å². The Morgan fingerprint density at radius 1 is 1.00 bits per heavy atom. The van der Waals surface area contributed by atoms with Gasteiger partial charge in [0.15, 0.2) is 0 Å². The van der Waals surface area contributed by atoms with Gasteiger partial charge in [-0.15, -0.1) is 0 Å². The van der Waals surface area contributed by atoms with Gasteiger partial charge in [0.05, 0.1) is 0 Å². The first-order valence-electron chi connectivity index (χ1n) is 5.03. The van der Waals surface area contributed by atoms with Gasteiger partial charge in [-0.25, -0.2) is 9.18 Å². The lowest BCUT2D eigenvalue weighted by Crippen LogP contribution is -2.23. The molecule has 0 saturated carbocycles. The molecule has 0 spiro atoms. The maximum atomic E-state index is 12.7. The summed E-state index contributed by atoms with van der Waals surface area (Å²) in [6, 6.07) is 5.27. The SMILES string of the molecule is O=C(Oc1ccc(F)cc1)N1C=CC=CC=C1. The van der Waals surface area contributed by atoms with Gasteiger partial charge in [-0.1, -0.05) is 12.2 Å². The van der Waals surface area contributed by atoms with Crippen LogP contribution < -0.4 is 4.74 Å². The van der Waals surface area contributed by atoms with Crippen molar-refractivity contribution < 1.29 is 13.9 Å². The number of carbonyl (C=O) groups excluding carboxylic acids is 1. The van der Waals surface area contributed by atoms with Gasteiger partial charge in [0.25, 0.3) is 0 Å². The molecule has 86 valence electrons. The summed E-state index contributed by atoms with van der Waals surface area (Å²) < 4.78 is 17.7. The monoisotopic (exact) mass is 231 g/mol. The van der Waals surface area contributed by atoms with Crippen molar-refractivity contribution in [1.29, 1.82) is 0 Å². The highest BCUT2D eigenvalue weighted by Gasteiger charge is 2.10. The average molecular weight is 231 g/mol. The highest BCUT2D eigenvalue weighted by molar-refractivity contribution is 5.73. The van der Waals surface area contributed by atoms with Crippen LogP contribution in [0.2, 0.25) is 0 Å². The Balaban J connectivity index is 2.04. The zero-order chi connectivity index (χ0) is 12.1. The molecule has 0 aliphatic carbocycles. The number of ether oxygens (including phenoxy) is 1. The molecule has 0 fully saturated rings. The zero-order valence-electron chi connectivity index (χ0n) is 8.92. The molecule has 0 N–H and O–H groups in total. The topological polar surface area (TPSA) is 29.5 Å². The fourth-order valence-corrected chi connectivity index (χ4v) is 1.24. The molecule has 1 aromatic rings. The molecule has 17 heavy (non-hydrogen) atoms. The van der Waals surface area contributed by atoms with E-state index in [-0.39, 0.29) is 5.82 Å². The highest BCUT2D eigenvalue weighted by Crippen LogP contribution is 2.13. The molecule has 3 nitrogen and oxygen atoms in total. The molecule has 4 heteroatoms. The Labute approximate surface area is 98.1 Å². The van der Waals surface area contributed by atoms with Crippen LogP contribution in [0.15, 0.2) is 61.0 Å². The van der Waals surface area contributed by atoms with Crippen molar-refractivity contribution in [3.63, 3.8) is 0 Å². The number of amides is 1. The van der Waals surface area contributed by atoms with Gasteiger partial charge in [0, 0.05) is 12.4 Å². The molecule has 1 aliphatic heterocycles. The predicted octanol–water partition coefficient (Wildman–Crippen LogP) is 3.22. The summed E-state index contributed by atoms with van der Waals surface area (Å²) in [5.41, 5.74) is 0. The van der Waals surface area contributed by atoms with E-state index in [2.05, 4.69) is 0 Å². The first-order valence-corrected chi connectivity index (χ1v) is 5.03. The molecule has 0 unspecified atom stereocenters. The van der Waals surface area contributed by atoms with Crippen molar-refractivity contribution in [3.8, 4) is 5.75 Å². The molecule has 0 aromatic heterocycles. The number of carbonyl (C=O) groups is 1. The van der Waals surface area contributed by atoms with Gasteiger partial charge >= 0.3 is 6.09 Å². The Morgan fingerprint density at radius 3 is 2.18 bits per heavy atom. The summed E-state index contributed by atoms with van der Waals surface area (Å²) in [6.07, 6.45) is 9.62. The van der Waals surface area contributed by atoms with Crippen molar-refractivity contribution in [1.82, 2.24) is 4.90 Å². The molecule has 0 bridgehead atoms. The molecule has 1 amide bonds. The van der Waals surface area contributed by atoms with Gasteiger partial charge in [-0.05, 0) is 36.4 Å². The number of halogens is 1. The molecule has 0 radical (unpaired) electrons. The van der Waals surface area contributed by atoms with E-state index in [4.69, 9.17) is 4.74 Å². The number of nitrogens with zero attached hydrogens (tertiary/aromatic N) is 1. The van der Waals surface area contributed by atoms with Crippen molar-refractivity contribution >= 4 is 6.09 Å². The third kappa shape index (κ3) is 3.04. The lowest BCUT2D eigenvalue weighted by molar-refractivity contribution is 0.182. The lowest BCUT2D eigenvalue weighted by atomic mass is 10.3. The summed E-state index contributed by atoms with van der Waals surface area (Å²) in [4.78, 5) is 13.0. The number of allylic oxidation sites excluding steroid dienone is 4. The summed E-state index contributed by atoms with van der Waals surface area (Å²) in [7, 11) is 0. The van der Waals surface area contributed by atoms with E-state index < -0.39 is 6.09 Å². The highest BCUT2D eigenvalue weighted by atomic mass is 19.1. The van der Waals surface area contributed by atoms with Crippen molar-refractivity contribution in [2.45, 2.75) is 0 Å². The Bertz CT molecular complexity index is 473. The van der Waals surface area contributed by atoms with E-state index in [0.717, 1.165) is 0 Å². The Kier molecular flexibility index (Phi) is 3.35. The number of hydrogen-bond donors (Lipinski definition) is 0. The van der Waals surface area contributed by atoms with Gasteiger partial charge in [-0.3, -0.25) is 4.90 Å². The van der Waals surface area contributed by atoms with Crippen molar-refractivity contribution in [3.05, 3.63) is 66.8 Å². The quantitative estimate of drug-likeness (QED) is 0.742. The molecule has 1 heterocycles. The number of rotatable bonds is 1. The molecular weight excluding hydrogens is 221 g/mol. The molecule has 2 rings (SSSR count). The maximum Gasteiger partial charge on any atom is 0.423 e. The normalized spacial score (nSPS) is 13.6. The van der Waals surface area contributed by atoms with Crippen LogP contribution in [0.25, 0.3) is 0 Å². The van der Waals surface area contributed by atoms with E-state index in [9.17, 15) is 9.18 Å². The second-order valence-corrected chi connectivity index (χ2v) is 3.30. The summed E-state index contributed by atoms with van der Waals surface area (Å²) in [5.74, 6) is -0.0704. The lowest BCUT2D eigenvalue weighted by Gasteiger charge is -2.12. The second kappa shape index (κ2) is 5.12. The minimum atomic E-state index is -0.548. The maximum absolute atomic E-state index is 12.7. The predicted molar refractivity (Wildman–Crippen MR) is 61.7 cm³/mol. The fraction of sp³-hybridized carbons (Fsp3) is 0. The third-order valence-electron chi connectivity index (χ3n) is 2.06. The van der Waals surface area contributed by atoms with Gasteiger partial charge in [0.2, 0.25) is 0 Å². The Hall–Kier alpha value is -2.36. The van der Waals surface area contributed by atoms with E-state index >= 15 is 0 Å². The molecule has 0 atom stereocenters. The van der Waals surface area contributed by atoms with Crippen LogP contribution in [0.1, 0.15) is 0 Å². The summed E-state index contributed by atoms with van der Waals surface area (Å²) >= 11 is 0. The number of benzene rings is 1. The summed E-state index contributed by atoms with van der Waals surface area (Å²) in [6.45, 7) is 0. The van der Waals surface area contributed by atoms with Crippen LogP contribution >= 0.6 is 0 Å². The first-order chi connectivity index (χ1) is 8.25. The average Bonchev–Trinajstić information content (AvgIpc) is 2.61. The minimum absolute atomic E-state index is 0.301. The summed E-state index contributed by atoms with van der Waals surface area (Å²) in [5, 5.41) is 0. The van der Waals surface area contributed by atoms with Crippen LogP contribution in [0.5, 0.6) is 5.75 Å². The van der Waals surface area contributed by atoms with Crippen LogP contribution in [0.4, 0.5) is 9.18 Å². The zero-order valence-corrected chi connectivity index (χ0v) is 8.92. The van der Waals surface area contributed by atoms with Gasteiger partial charge in [0.1, 0.15) is 11.6 Å². The van der Waals surface area contributed by atoms with Crippen molar-refractivity contribution in [2.24, 2.45) is 0 Å². The van der Waals surface area contributed by atoms with E-state index in [0.29, 0.717) is 5.75 Å². The van der Waals surface area contributed by atoms with E-state index in [1.54, 1.807) is 36.7 Å². The minimum Gasteiger partial charge on any atom is -0.410 e. The van der Waals surface area contributed by atoms with Crippen LogP contribution in [0, 0.1) is 5.82 Å². The second-order valence-electron chi connectivity index (χ2n) is 3.30. The van der Waals surface area contributed by atoms with Crippen LogP contribution in [-0.2, 0) is 0 Å². The third-order valence-corrected chi connectivity index (χ3v) is 2.06. The fourth-order valence-electron chi connectivity index (χ4n) is 1.24. The van der Waals surface area contributed by atoms with Crippen LogP contribution in [0.3, 0.4) is 0 Å². The Morgan fingerprint density at radius 2 is 1.59 bits per heavy atom. The molecule has 0 saturated heterocycles. The largest absolute Gasteiger partial charge is 0.423 e. The van der Waals surface area contributed by atoms with Gasteiger partial charge in [-0.2, -0.15) is 0 Å². The molecule has 1 aliphatic rings. The van der Waals surface area contributed by atoms with E-state index in [1.165, 1.54) is 29.2 Å². The van der Waals surface area contributed by atoms with E-state index in [1.807, 2.05) is 0 Å². The standard InChI is InChI=1S/C13H10FNO2/c14-11-5-7-12(8-6-11)17-13(16)15-9-3-1-2-4-10-15/h1-10H. The molecular formula is C13H10FNO2. The van der Waals surface area contributed by atoms with Crippen molar-refractivity contribution in [2.75, 3.05) is 0 Å². The van der Waals surface area contributed by atoms with Crippen LogP contribution in [-0.4, -0.2) is 11.0 Å².